The second-order valence-corrected chi connectivity index (χ2v) is 5.14. The number of halogens is 1. The summed E-state index contributed by atoms with van der Waals surface area (Å²) in [5.74, 6) is 0. The van der Waals surface area contributed by atoms with E-state index >= 15 is 0 Å². The number of nitrogens with zero attached hydrogens (tertiary/aromatic N) is 1. The molecule has 0 heterocycles. The predicted octanol–water partition coefficient (Wildman–Crippen LogP) is 3.13. The first kappa shape index (κ1) is 11.0. The Kier molecular flexibility index (Phi) is 4.19. The van der Waals surface area contributed by atoms with Crippen LogP contribution in [-0.4, -0.2) is 16.7 Å². The molecule has 1 aromatic rings. The molecule has 0 aliphatic rings. The Labute approximate surface area is 94.6 Å². The fraction of sp³-hybridized carbons (Fsp3) is 0.455. The first-order valence-electron chi connectivity index (χ1n) is 4.52. The van der Waals surface area contributed by atoms with Crippen LogP contribution in [0.1, 0.15) is 16.7 Å². The fourth-order valence-corrected chi connectivity index (χ4v) is 1.48. The average molecular weight is 289 g/mol. The topological polar surface area (TPSA) is 3.24 Å². The van der Waals surface area contributed by atoms with Crippen molar-refractivity contribution >= 4 is 22.9 Å². The summed E-state index contributed by atoms with van der Waals surface area (Å²) in [6.07, 6.45) is 1.14. The van der Waals surface area contributed by atoms with E-state index < -0.39 is 0 Å². The zero-order valence-corrected chi connectivity index (χ0v) is 10.6. The van der Waals surface area contributed by atoms with Crippen molar-refractivity contribution in [1.82, 2.24) is 3.11 Å². The third-order valence-corrected chi connectivity index (χ3v) is 2.76. The minimum Gasteiger partial charge on any atom is -0.250 e. The van der Waals surface area contributed by atoms with Gasteiger partial charge in [-0.25, -0.2) is 0 Å². The van der Waals surface area contributed by atoms with Crippen molar-refractivity contribution in [3.63, 3.8) is 0 Å². The summed E-state index contributed by atoms with van der Waals surface area (Å²) < 4.78 is 2.19. The van der Waals surface area contributed by atoms with Gasteiger partial charge in [0, 0.05) is 29.4 Å². The first-order chi connectivity index (χ1) is 6.09. The Morgan fingerprint density at radius 2 is 1.92 bits per heavy atom. The highest BCUT2D eigenvalue weighted by atomic mass is 127. The standard InChI is InChI=1S/C11H16IN/c1-9-4-5-11(8-10(9)2)6-7-13(3)12/h4-5,8H,6-7H2,1-3H3. The second-order valence-electron chi connectivity index (χ2n) is 3.50. The largest absolute Gasteiger partial charge is 0.250 e. The summed E-state index contributed by atoms with van der Waals surface area (Å²) in [6, 6.07) is 6.72. The molecular weight excluding hydrogens is 273 g/mol. The van der Waals surface area contributed by atoms with Crippen LogP contribution in [0.3, 0.4) is 0 Å². The van der Waals surface area contributed by atoms with Crippen LogP contribution in [0.4, 0.5) is 0 Å². The van der Waals surface area contributed by atoms with E-state index in [4.69, 9.17) is 0 Å². The summed E-state index contributed by atoms with van der Waals surface area (Å²) in [6.45, 7) is 5.44. The van der Waals surface area contributed by atoms with Gasteiger partial charge in [0.25, 0.3) is 0 Å². The van der Waals surface area contributed by atoms with Crippen molar-refractivity contribution in [2.75, 3.05) is 13.6 Å². The first-order valence-corrected chi connectivity index (χ1v) is 5.49. The van der Waals surface area contributed by atoms with Gasteiger partial charge in [0.1, 0.15) is 0 Å². The lowest BCUT2D eigenvalue weighted by atomic mass is 10.0. The Morgan fingerprint density at radius 3 is 2.46 bits per heavy atom. The van der Waals surface area contributed by atoms with Gasteiger partial charge < -0.3 is 0 Å². The van der Waals surface area contributed by atoms with Crippen LogP contribution in [0.15, 0.2) is 18.2 Å². The van der Waals surface area contributed by atoms with Gasteiger partial charge in [0.15, 0.2) is 0 Å². The SMILES string of the molecule is Cc1ccc(CCN(C)I)cc1C. The number of hydrogen-bond acceptors (Lipinski definition) is 1. The van der Waals surface area contributed by atoms with Gasteiger partial charge in [0.05, 0.1) is 0 Å². The zero-order chi connectivity index (χ0) is 9.84. The molecule has 0 aliphatic carbocycles. The Balaban J connectivity index is 2.63. The maximum atomic E-state index is 2.32. The van der Waals surface area contributed by atoms with E-state index in [1.54, 1.807) is 0 Å². The molecule has 13 heavy (non-hydrogen) atoms. The van der Waals surface area contributed by atoms with E-state index in [2.05, 4.69) is 65.1 Å². The smallest absolute Gasteiger partial charge is 0.0198 e. The number of rotatable bonds is 3. The van der Waals surface area contributed by atoms with Crippen LogP contribution in [0.5, 0.6) is 0 Å². The molecule has 0 saturated heterocycles. The molecule has 0 aromatic heterocycles. The maximum Gasteiger partial charge on any atom is 0.0198 e. The van der Waals surface area contributed by atoms with Gasteiger partial charge in [-0.1, -0.05) is 18.2 Å². The van der Waals surface area contributed by atoms with E-state index in [0.717, 1.165) is 13.0 Å². The molecule has 2 heteroatoms. The zero-order valence-electron chi connectivity index (χ0n) is 8.47. The van der Waals surface area contributed by atoms with E-state index in [1.165, 1.54) is 16.7 Å². The minimum absolute atomic E-state index is 1.11. The summed E-state index contributed by atoms with van der Waals surface area (Å²) in [5, 5.41) is 0. The van der Waals surface area contributed by atoms with Crippen LogP contribution < -0.4 is 0 Å². The van der Waals surface area contributed by atoms with Crippen molar-refractivity contribution in [3.05, 3.63) is 34.9 Å². The lowest BCUT2D eigenvalue weighted by Gasteiger charge is -2.08. The molecule has 0 amide bonds. The summed E-state index contributed by atoms with van der Waals surface area (Å²) >= 11 is 2.32. The molecule has 0 N–H and O–H groups in total. The molecule has 1 rings (SSSR count). The molecule has 1 nitrogen and oxygen atoms in total. The number of benzene rings is 1. The van der Waals surface area contributed by atoms with Crippen molar-refractivity contribution in [2.24, 2.45) is 0 Å². The van der Waals surface area contributed by atoms with E-state index in [9.17, 15) is 0 Å². The van der Waals surface area contributed by atoms with E-state index in [1.807, 2.05) is 0 Å². The molecule has 0 spiro atoms. The van der Waals surface area contributed by atoms with E-state index in [0.29, 0.717) is 0 Å². The van der Waals surface area contributed by atoms with Gasteiger partial charge >= 0.3 is 0 Å². The second kappa shape index (κ2) is 4.96. The molecule has 0 saturated carbocycles. The van der Waals surface area contributed by atoms with Crippen molar-refractivity contribution in [3.8, 4) is 0 Å². The molecule has 0 unspecified atom stereocenters. The monoisotopic (exact) mass is 289 g/mol. The Hall–Kier alpha value is -0.0900. The summed E-state index contributed by atoms with van der Waals surface area (Å²) in [5.41, 5.74) is 4.21. The van der Waals surface area contributed by atoms with Crippen LogP contribution in [0.25, 0.3) is 0 Å². The number of likely N-dealkylation sites (N-methyl/N-ethyl adjacent to an activating group) is 1. The van der Waals surface area contributed by atoms with E-state index in [-0.39, 0.29) is 0 Å². The van der Waals surface area contributed by atoms with Gasteiger partial charge in [-0.2, -0.15) is 0 Å². The van der Waals surface area contributed by atoms with Crippen molar-refractivity contribution in [1.29, 1.82) is 0 Å². The molecule has 0 bridgehead atoms. The lowest BCUT2D eigenvalue weighted by Crippen LogP contribution is -2.08. The normalized spacial score (nSPS) is 10.8. The summed E-state index contributed by atoms with van der Waals surface area (Å²) in [7, 11) is 2.10. The highest BCUT2D eigenvalue weighted by molar-refractivity contribution is 14.1. The fourth-order valence-electron chi connectivity index (χ4n) is 1.24. The lowest BCUT2D eigenvalue weighted by molar-refractivity contribution is 0.611. The quantitative estimate of drug-likeness (QED) is 0.610. The van der Waals surface area contributed by atoms with Crippen molar-refractivity contribution in [2.45, 2.75) is 20.3 Å². The number of aryl methyl sites for hydroxylation is 2. The van der Waals surface area contributed by atoms with Gasteiger partial charge in [-0.05, 0) is 44.0 Å². The number of hydrogen-bond donors (Lipinski definition) is 0. The van der Waals surface area contributed by atoms with Crippen LogP contribution in [-0.2, 0) is 6.42 Å². The summed E-state index contributed by atoms with van der Waals surface area (Å²) in [4.78, 5) is 0. The van der Waals surface area contributed by atoms with Crippen LogP contribution in [0.2, 0.25) is 0 Å². The average Bonchev–Trinajstić information content (AvgIpc) is 2.07. The highest BCUT2D eigenvalue weighted by Crippen LogP contribution is 2.10. The maximum absolute atomic E-state index is 2.32. The Morgan fingerprint density at radius 1 is 1.23 bits per heavy atom. The minimum atomic E-state index is 1.11. The highest BCUT2D eigenvalue weighted by Gasteiger charge is 1.97. The molecule has 72 valence electrons. The molecule has 0 atom stereocenters. The molecule has 0 fully saturated rings. The van der Waals surface area contributed by atoms with Gasteiger partial charge in [-0.3, -0.25) is 3.11 Å². The molecule has 0 aliphatic heterocycles. The molecule has 0 radical (unpaired) electrons. The van der Waals surface area contributed by atoms with Crippen molar-refractivity contribution < 1.29 is 0 Å². The third kappa shape index (κ3) is 3.65. The Bertz CT molecular complexity index is 281. The molecular formula is C11H16IN. The van der Waals surface area contributed by atoms with Crippen LogP contribution in [0, 0.1) is 13.8 Å². The molecule has 1 aromatic carbocycles. The van der Waals surface area contributed by atoms with Crippen LogP contribution >= 0.6 is 22.9 Å². The third-order valence-electron chi connectivity index (χ3n) is 2.28. The van der Waals surface area contributed by atoms with Gasteiger partial charge in [-0.15, -0.1) is 0 Å². The van der Waals surface area contributed by atoms with Gasteiger partial charge in [0.2, 0.25) is 0 Å². The predicted molar refractivity (Wildman–Crippen MR) is 66.3 cm³/mol.